The lowest BCUT2D eigenvalue weighted by Gasteiger charge is -2.19. The maximum atomic E-state index is 12.0. The Morgan fingerprint density at radius 3 is 2.60 bits per heavy atom. The molecule has 0 saturated heterocycles. The predicted octanol–water partition coefficient (Wildman–Crippen LogP) is 3.90. The zero-order chi connectivity index (χ0) is 18.6. The Hall–Kier alpha value is -2.21. The number of carbonyl (C=O) groups is 1. The smallest absolute Gasteiger partial charge is 0.310 e. The van der Waals surface area contributed by atoms with E-state index >= 15 is 0 Å². The molecule has 2 rings (SSSR count). The quantitative estimate of drug-likeness (QED) is 0.813. The third kappa shape index (κ3) is 6.31. The summed E-state index contributed by atoms with van der Waals surface area (Å²) in [6, 6.07) is 7.61. The Kier molecular flexibility index (Phi) is 5.95. The largest absolute Gasteiger partial charge is 0.460 e. The molecule has 0 aliphatic carbocycles. The number of nitrogens with zero attached hydrogens (tertiary/aromatic N) is 3. The molecular formula is C18H23ClN4O2. The summed E-state index contributed by atoms with van der Waals surface area (Å²) in [6.45, 7) is 9.50. The van der Waals surface area contributed by atoms with E-state index in [0.717, 1.165) is 11.1 Å². The van der Waals surface area contributed by atoms with Gasteiger partial charge in [-0.3, -0.25) is 4.79 Å². The fraction of sp³-hybridized carbons (Fsp3) is 0.444. The minimum atomic E-state index is -0.506. The Labute approximate surface area is 153 Å². The summed E-state index contributed by atoms with van der Waals surface area (Å²) in [5.74, 6) is 0.595. The number of esters is 1. The molecule has 0 spiro atoms. The van der Waals surface area contributed by atoms with Crippen molar-refractivity contribution in [3.63, 3.8) is 0 Å². The van der Waals surface area contributed by atoms with Crippen LogP contribution < -0.4 is 5.32 Å². The van der Waals surface area contributed by atoms with E-state index in [-0.39, 0.29) is 23.7 Å². The first-order valence-corrected chi connectivity index (χ1v) is 8.49. The fourth-order valence-corrected chi connectivity index (χ4v) is 2.33. The number of carbonyl (C=O) groups excluding carboxylic acids is 1. The molecule has 0 aliphatic rings. The van der Waals surface area contributed by atoms with Crippen molar-refractivity contribution in [2.75, 3.05) is 5.32 Å². The molecule has 0 radical (unpaired) electrons. The molecule has 0 bridgehead atoms. The molecule has 2 aromatic rings. The van der Waals surface area contributed by atoms with Gasteiger partial charge in [-0.1, -0.05) is 18.2 Å². The van der Waals surface area contributed by atoms with Gasteiger partial charge in [-0.2, -0.15) is 15.0 Å². The summed E-state index contributed by atoms with van der Waals surface area (Å²) >= 11 is 6.00. The van der Waals surface area contributed by atoms with Gasteiger partial charge in [0.05, 0.1) is 6.42 Å². The summed E-state index contributed by atoms with van der Waals surface area (Å²) in [5, 5.41) is 3.22. The van der Waals surface area contributed by atoms with Gasteiger partial charge in [0.2, 0.25) is 11.2 Å². The SMILES string of the molecule is CC(C)Nc1nc(Cl)nc(-c2cccc(CC(=O)OC(C)(C)C)c2)n1. The number of halogens is 1. The van der Waals surface area contributed by atoms with E-state index in [1.54, 1.807) is 0 Å². The lowest BCUT2D eigenvalue weighted by molar-refractivity contribution is -0.153. The molecule has 1 aromatic carbocycles. The fourth-order valence-electron chi connectivity index (χ4n) is 2.17. The van der Waals surface area contributed by atoms with Crippen LogP contribution in [0.2, 0.25) is 5.28 Å². The van der Waals surface area contributed by atoms with Crippen LogP contribution in [0.3, 0.4) is 0 Å². The minimum absolute atomic E-state index is 0.116. The molecule has 25 heavy (non-hydrogen) atoms. The molecule has 0 aliphatic heterocycles. The number of hydrogen-bond acceptors (Lipinski definition) is 6. The van der Waals surface area contributed by atoms with Crippen molar-refractivity contribution in [1.82, 2.24) is 15.0 Å². The highest BCUT2D eigenvalue weighted by molar-refractivity contribution is 6.28. The van der Waals surface area contributed by atoms with Crippen molar-refractivity contribution in [2.45, 2.75) is 52.7 Å². The molecular weight excluding hydrogens is 340 g/mol. The number of ether oxygens (including phenoxy) is 1. The van der Waals surface area contributed by atoms with Crippen molar-refractivity contribution < 1.29 is 9.53 Å². The van der Waals surface area contributed by atoms with Gasteiger partial charge in [-0.05, 0) is 57.8 Å². The van der Waals surface area contributed by atoms with Gasteiger partial charge in [0.15, 0.2) is 5.82 Å². The second-order valence-corrected chi connectivity index (χ2v) is 7.35. The van der Waals surface area contributed by atoms with E-state index in [0.29, 0.717) is 11.8 Å². The Balaban J connectivity index is 2.24. The van der Waals surface area contributed by atoms with Crippen LogP contribution in [0.5, 0.6) is 0 Å². The molecule has 0 fully saturated rings. The average molecular weight is 363 g/mol. The number of benzene rings is 1. The van der Waals surface area contributed by atoms with Gasteiger partial charge in [-0.25, -0.2) is 0 Å². The molecule has 0 unspecified atom stereocenters. The van der Waals surface area contributed by atoms with Gasteiger partial charge >= 0.3 is 5.97 Å². The lowest BCUT2D eigenvalue weighted by Crippen LogP contribution is -2.24. The first kappa shape index (κ1) is 19.1. The molecule has 1 N–H and O–H groups in total. The normalized spacial score (nSPS) is 11.5. The molecule has 134 valence electrons. The van der Waals surface area contributed by atoms with Gasteiger partial charge in [0, 0.05) is 11.6 Å². The zero-order valence-electron chi connectivity index (χ0n) is 15.1. The van der Waals surface area contributed by atoms with Gasteiger partial charge < -0.3 is 10.1 Å². The first-order chi connectivity index (χ1) is 11.6. The van der Waals surface area contributed by atoms with Crippen LogP contribution in [-0.2, 0) is 16.0 Å². The number of anilines is 1. The Bertz CT molecular complexity index is 757. The highest BCUT2D eigenvalue weighted by Crippen LogP contribution is 2.20. The third-order valence-corrected chi connectivity index (χ3v) is 3.15. The standard InChI is InChI=1S/C18H23ClN4O2/c1-11(2)20-17-22-15(21-16(19)23-17)13-8-6-7-12(9-13)10-14(24)25-18(3,4)5/h6-9,11H,10H2,1-5H3,(H,20,21,22,23). The van der Waals surface area contributed by atoms with Gasteiger partial charge in [0.25, 0.3) is 0 Å². The minimum Gasteiger partial charge on any atom is -0.460 e. The van der Waals surface area contributed by atoms with E-state index in [1.165, 1.54) is 0 Å². The third-order valence-electron chi connectivity index (χ3n) is 2.98. The summed E-state index contributed by atoms with van der Waals surface area (Å²) in [5.41, 5.74) is 1.08. The molecule has 1 aromatic heterocycles. The topological polar surface area (TPSA) is 77.0 Å². The predicted molar refractivity (Wildman–Crippen MR) is 98.6 cm³/mol. The van der Waals surface area contributed by atoms with Crippen molar-refractivity contribution in [3.05, 3.63) is 35.1 Å². The van der Waals surface area contributed by atoms with Crippen molar-refractivity contribution in [2.24, 2.45) is 0 Å². The first-order valence-electron chi connectivity index (χ1n) is 8.11. The van der Waals surface area contributed by atoms with Crippen LogP contribution in [-0.4, -0.2) is 32.6 Å². The van der Waals surface area contributed by atoms with Crippen molar-refractivity contribution >= 4 is 23.5 Å². The van der Waals surface area contributed by atoms with Crippen LogP contribution in [0.25, 0.3) is 11.4 Å². The van der Waals surface area contributed by atoms with Crippen LogP contribution in [0.4, 0.5) is 5.95 Å². The van der Waals surface area contributed by atoms with Crippen LogP contribution in [0.1, 0.15) is 40.2 Å². The van der Waals surface area contributed by atoms with E-state index in [2.05, 4.69) is 20.3 Å². The Morgan fingerprint density at radius 1 is 1.24 bits per heavy atom. The monoisotopic (exact) mass is 362 g/mol. The highest BCUT2D eigenvalue weighted by Gasteiger charge is 2.17. The van der Waals surface area contributed by atoms with Crippen molar-refractivity contribution in [1.29, 1.82) is 0 Å². The average Bonchev–Trinajstić information content (AvgIpc) is 2.44. The molecule has 6 nitrogen and oxygen atoms in total. The number of nitrogens with one attached hydrogen (secondary N) is 1. The van der Waals surface area contributed by atoms with Crippen molar-refractivity contribution in [3.8, 4) is 11.4 Å². The molecule has 1 heterocycles. The molecule has 0 saturated carbocycles. The van der Waals surface area contributed by atoms with E-state index in [1.807, 2.05) is 58.9 Å². The Morgan fingerprint density at radius 2 is 1.96 bits per heavy atom. The van der Waals surface area contributed by atoms with Gasteiger partial charge in [0.1, 0.15) is 5.60 Å². The van der Waals surface area contributed by atoms with E-state index < -0.39 is 5.60 Å². The summed E-state index contributed by atoms with van der Waals surface area (Å²) < 4.78 is 5.36. The highest BCUT2D eigenvalue weighted by atomic mass is 35.5. The number of aromatic nitrogens is 3. The zero-order valence-corrected chi connectivity index (χ0v) is 15.9. The summed E-state index contributed by atoms with van der Waals surface area (Å²) in [4.78, 5) is 24.6. The lowest BCUT2D eigenvalue weighted by atomic mass is 10.1. The second-order valence-electron chi connectivity index (χ2n) is 7.01. The maximum absolute atomic E-state index is 12.0. The van der Waals surface area contributed by atoms with Crippen LogP contribution >= 0.6 is 11.6 Å². The summed E-state index contributed by atoms with van der Waals surface area (Å²) in [6.07, 6.45) is 0.182. The second kappa shape index (κ2) is 7.78. The number of rotatable bonds is 5. The van der Waals surface area contributed by atoms with E-state index in [9.17, 15) is 4.79 Å². The summed E-state index contributed by atoms with van der Waals surface area (Å²) in [7, 11) is 0. The maximum Gasteiger partial charge on any atom is 0.310 e. The van der Waals surface area contributed by atoms with E-state index in [4.69, 9.17) is 16.3 Å². The molecule has 0 amide bonds. The molecule has 7 heteroatoms. The van der Waals surface area contributed by atoms with Crippen LogP contribution in [0.15, 0.2) is 24.3 Å². The molecule has 0 atom stereocenters. The van der Waals surface area contributed by atoms with Gasteiger partial charge in [-0.15, -0.1) is 0 Å². The van der Waals surface area contributed by atoms with Crippen LogP contribution in [0, 0.1) is 0 Å². The number of hydrogen-bond donors (Lipinski definition) is 1.